The molecule has 2 aromatic carbocycles. The molecule has 2 rings (SSSR count). The van der Waals surface area contributed by atoms with E-state index in [2.05, 4.69) is 5.32 Å². The molecule has 0 fully saturated rings. The molecule has 0 aliphatic heterocycles. The zero-order chi connectivity index (χ0) is 19.6. The van der Waals surface area contributed by atoms with Crippen molar-refractivity contribution in [2.24, 2.45) is 0 Å². The van der Waals surface area contributed by atoms with E-state index in [9.17, 15) is 19.7 Å². The predicted octanol–water partition coefficient (Wildman–Crippen LogP) is 1.99. The van der Waals surface area contributed by atoms with Crippen molar-refractivity contribution in [3.05, 3.63) is 58.1 Å². The van der Waals surface area contributed by atoms with Crippen molar-refractivity contribution in [2.45, 2.75) is 0 Å². The summed E-state index contributed by atoms with van der Waals surface area (Å²) in [7, 11) is 1.53. The number of carbonyl (C=O) groups is 2. The number of hydrogen-bond acceptors (Lipinski definition) is 7. The Kier molecular flexibility index (Phi) is 7.12. The van der Waals surface area contributed by atoms with E-state index in [1.54, 1.807) is 18.2 Å². The van der Waals surface area contributed by atoms with Crippen LogP contribution in [0.25, 0.3) is 0 Å². The van der Waals surface area contributed by atoms with Gasteiger partial charge in [-0.25, -0.2) is 0 Å². The number of nitrogens with zero attached hydrogens (tertiary/aromatic N) is 1. The molecule has 1 amide bonds. The summed E-state index contributed by atoms with van der Waals surface area (Å²) >= 11 is 0. The first-order chi connectivity index (χ1) is 13.0. The average Bonchev–Trinajstić information content (AvgIpc) is 2.69. The molecule has 1 N–H and O–H groups in total. The zero-order valence-corrected chi connectivity index (χ0v) is 14.5. The van der Waals surface area contributed by atoms with E-state index in [-0.39, 0.29) is 30.2 Å². The van der Waals surface area contributed by atoms with E-state index < -0.39 is 17.4 Å². The van der Waals surface area contributed by atoms with Gasteiger partial charge in [0.05, 0.1) is 18.6 Å². The molecule has 0 bridgehead atoms. The van der Waals surface area contributed by atoms with Crippen LogP contribution in [0.15, 0.2) is 42.5 Å². The minimum atomic E-state index is -0.679. The third-order valence-corrected chi connectivity index (χ3v) is 3.43. The fraction of sp³-hybridized carbons (Fsp3) is 0.222. The molecular weight excluding hydrogens is 356 g/mol. The molecule has 0 heterocycles. The maximum atomic E-state index is 11.8. The number of carbonyl (C=O) groups excluding carboxylic acids is 2. The minimum Gasteiger partial charge on any atom is -0.493 e. The summed E-state index contributed by atoms with van der Waals surface area (Å²) in [5, 5.41) is 13.6. The lowest BCUT2D eigenvalue weighted by atomic mass is 10.2. The second-order valence-corrected chi connectivity index (χ2v) is 5.24. The van der Waals surface area contributed by atoms with Gasteiger partial charge in [-0.05, 0) is 24.3 Å². The van der Waals surface area contributed by atoms with Crippen LogP contribution in [-0.4, -0.2) is 44.0 Å². The Labute approximate surface area is 155 Å². The highest BCUT2D eigenvalue weighted by Crippen LogP contribution is 2.27. The molecule has 0 saturated carbocycles. The summed E-state index contributed by atoms with van der Waals surface area (Å²) in [6.45, 7) is 0.0165. The molecule has 9 heteroatoms. The standard InChI is InChI=1S/C18H18N2O7/c1-25-16-4-2-3-5-17(16)26-9-8-19-18(22)12-27-15-7-6-13(11-21)10-14(15)20(23)24/h2-7,10-11H,8-9,12H2,1H3,(H,19,22). The van der Waals surface area contributed by atoms with Gasteiger partial charge in [-0.1, -0.05) is 12.1 Å². The van der Waals surface area contributed by atoms with Crippen molar-refractivity contribution in [2.75, 3.05) is 26.9 Å². The van der Waals surface area contributed by atoms with Crippen LogP contribution >= 0.6 is 0 Å². The monoisotopic (exact) mass is 374 g/mol. The summed E-state index contributed by atoms with van der Waals surface area (Å²) in [5.74, 6) is 0.577. The topological polar surface area (TPSA) is 117 Å². The Balaban J connectivity index is 1.80. The van der Waals surface area contributed by atoms with Crippen LogP contribution in [-0.2, 0) is 4.79 Å². The number of para-hydroxylation sites is 2. The van der Waals surface area contributed by atoms with Crippen molar-refractivity contribution in [3.63, 3.8) is 0 Å². The van der Waals surface area contributed by atoms with Crippen LogP contribution in [0.3, 0.4) is 0 Å². The SMILES string of the molecule is COc1ccccc1OCCNC(=O)COc1ccc(C=O)cc1[N+](=O)[O-]. The Hall–Kier alpha value is -3.62. The summed E-state index contributed by atoms with van der Waals surface area (Å²) in [4.78, 5) is 32.8. The van der Waals surface area contributed by atoms with E-state index in [4.69, 9.17) is 14.2 Å². The lowest BCUT2D eigenvalue weighted by Crippen LogP contribution is -2.32. The van der Waals surface area contributed by atoms with Gasteiger partial charge >= 0.3 is 5.69 Å². The Morgan fingerprint density at radius 2 is 1.89 bits per heavy atom. The van der Waals surface area contributed by atoms with Gasteiger partial charge in [0.2, 0.25) is 0 Å². The molecule has 0 unspecified atom stereocenters. The van der Waals surface area contributed by atoms with Crippen molar-refractivity contribution >= 4 is 17.9 Å². The molecule has 0 spiro atoms. The number of benzene rings is 2. The number of hydrogen-bond donors (Lipinski definition) is 1. The summed E-state index contributed by atoms with van der Waals surface area (Å²) < 4.78 is 15.8. The van der Waals surface area contributed by atoms with Crippen molar-refractivity contribution < 1.29 is 28.7 Å². The first-order valence-corrected chi connectivity index (χ1v) is 7.94. The molecule has 0 saturated heterocycles. The molecule has 0 aromatic heterocycles. The van der Waals surface area contributed by atoms with Crippen LogP contribution in [0, 0.1) is 10.1 Å². The lowest BCUT2D eigenvalue weighted by molar-refractivity contribution is -0.385. The first kappa shape index (κ1) is 19.7. The van der Waals surface area contributed by atoms with Gasteiger partial charge in [-0.2, -0.15) is 0 Å². The molecule has 9 nitrogen and oxygen atoms in total. The maximum Gasteiger partial charge on any atom is 0.311 e. The Morgan fingerprint density at radius 3 is 2.56 bits per heavy atom. The number of nitrogens with one attached hydrogen (secondary N) is 1. The Bertz CT molecular complexity index is 823. The molecule has 2 aromatic rings. The summed E-state index contributed by atoms with van der Waals surface area (Å²) in [6, 6.07) is 10.8. The zero-order valence-electron chi connectivity index (χ0n) is 14.5. The minimum absolute atomic E-state index is 0.0916. The average molecular weight is 374 g/mol. The number of ether oxygens (including phenoxy) is 3. The quantitative estimate of drug-likeness (QED) is 0.292. The van der Waals surface area contributed by atoms with Gasteiger partial charge in [0.1, 0.15) is 12.9 Å². The van der Waals surface area contributed by atoms with Crippen LogP contribution in [0.4, 0.5) is 5.69 Å². The predicted molar refractivity (Wildman–Crippen MR) is 95.5 cm³/mol. The fourth-order valence-corrected chi connectivity index (χ4v) is 2.16. The second kappa shape index (κ2) is 9.76. The fourth-order valence-electron chi connectivity index (χ4n) is 2.16. The molecule has 0 aliphatic carbocycles. The van der Waals surface area contributed by atoms with E-state index in [1.807, 2.05) is 6.07 Å². The van der Waals surface area contributed by atoms with E-state index in [1.165, 1.54) is 19.2 Å². The van der Waals surface area contributed by atoms with Gasteiger partial charge in [-0.15, -0.1) is 0 Å². The van der Waals surface area contributed by atoms with Crippen molar-refractivity contribution in [1.29, 1.82) is 0 Å². The van der Waals surface area contributed by atoms with Gasteiger partial charge in [0.25, 0.3) is 5.91 Å². The van der Waals surface area contributed by atoms with E-state index in [0.29, 0.717) is 17.8 Å². The molecular formula is C18H18N2O7. The smallest absolute Gasteiger partial charge is 0.311 e. The van der Waals surface area contributed by atoms with Gasteiger partial charge in [0, 0.05) is 11.6 Å². The lowest BCUT2D eigenvalue weighted by Gasteiger charge is -2.11. The number of aldehydes is 1. The second-order valence-electron chi connectivity index (χ2n) is 5.24. The largest absolute Gasteiger partial charge is 0.493 e. The first-order valence-electron chi connectivity index (χ1n) is 7.94. The molecule has 0 atom stereocenters. The summed E-state index contributed by atoms with van der Waals surface area (Å²) in [5.41, 5.74) is -0.237. The normalized spacial score (nSPS) is 9.96. The third kappa shape index (κ3) is 5.70. The highest BCUT2D eigenvalue weighted by Gasteiger charge is 2.17. The summed E-state index contributed by atoms with van der Waals surface area (Å²) in [6.07, 6.45) is 0.491. The van der Waals surface area contributed by atoms with Gasteiger partial charge in [0.15, 0.2) is 23.9 Å². The molecule has 142 valence electrons. The van der Waals surface area contributed by atoms with Crippen molar-refractivity contribution in [1.82, 2.24) is 5.32 Å². The van der Waals surface area contributed by atoms with Crippen LogP contribution in [0.5, 0.6) is 17.2 Å². The number of methoxy groups -OCH3 is 1. The highest BCUT2D eigenvalue weighted by molar-refractivity contribution is 5.79. The van der Waals surface area contributed by atoms with E-state index in [0.717, 1.165) is 6.07 Å². The Morgan fingerprint density at radius 1 is 1.15 bits per heavy atom. The highest BCUT2D eigenvalue weighted by atomic mass is 16.6. The number of rotatable bonds is 10. The van der Waals surface area contributed by atoms with Crippen LogP contribution < -0.4 is 19.5 Å². The van der Waals surface area contributed by atoms with Crippen molar-refractivity contribution in [3.8, 4) is 17.2 Å². The number of nitro benzene ring substituents is 1. The van der Waals surface area contributed by atoms with E-state index >= 15 is 0 Å². The third-order valence-electron chi connectivity index (χ3n) is 3.43. The number of amides is 1. The van der Waals surface area contributed by atoms with Gasteiger partial charge in [-0.3, -0.25) is 19.7 Å². The van der Waals surface area contributed by atoms with Crippen LogP contribution in [0.1, 0.15) is 10.4 Å². The van der Waals surface area contributed by atoms with Gasteiger partial charge < -0.3 is 19.5 Å². The molecule has 0 aliphatic rings. The molecule has 27 heavy (non-hydrogen) atoms. The maximum absolute atomic E-state index is 11.8. The number of nitro groups is 1. The van der Waals surface area contributed by atoms with Crippen LogP contribution in [0.2, 0.25) is 0 Å². The molecule has 0 radical (unpaired) electrons.